The van der Waals surface area contributed by atoms with E-state index in [0.717, 1.165) is 25.2 Å². The molecular weight excluding hydrogens is 190 g/mol. The van der Waals surface area contributed by atoms with Gasteiger partial charge in [0.25, 0.3) is 0 Å². The van der Waals surface area contributed by atoms with Crippen LogP contribution in [-0.4, -0.2) is 26.2 Å². The van der Waals surface area contributed by atoms with Crippen LogP contribution in [0.1, 0.15) is 51.4 Å². The van der Waals surface area contributed by atoms with E-state index in [0.29, 0.717) is 12.1 Å². The van der Waals surface area contributed by atoms with E-state index in [1.165, 1.54) is 12.8 Å². The van der Waals surface area contributed by atoms with Crippen molar-refractivity contribution in [1.82, 2.24) is 25.5 Å². The molecule has 0 unspecified atom stereocenters. The molecule has 1 heterocycles. The molecule has 0 amide bonds. The maximum Gasteiger partial charge on any atom is 0.165 e. The summed E-state index contributed by atoms with van der Waals surface area (Å²) in [7, 11) is 0. The Labute approximate surface area is 90.2 Å². The van der Waals surface area contributed by atoms with Gasteiger partial charge in [0.05, 0.1) is 12.6 Å². The topological polar surface area (TPSA) is 55.6 Å². The minimum absolute atomic E-state index is 0.441. The summed E-state index contributed by atoms with van der Waals surface area (Å²) in [5.74, 6) is 0.968. The predicted molar refractivity (Wildman–Crippen MR) is 57.3 cm³/mol. The summed E-state index contributed by atoms with van der Waals surface area (Å²) in [4.78, 5) is 0. The number of nitrogens with zero attached hydrogens (tertiary/aromatic N) is 4. The Balaban J connectivity index is 1.98. The number of nitrogens with one attached hydrogen (secondary N) is 1. The van der Waals surface area contributed by atoms with Gasteiger partial charge >= 0.3 is 0 Å². The van der Waals surface area contributed by atoms with E-state index in [4.69, 9.17) is 0 Å². The van der Waals surface area contributed by atoms with Crippen LogP contribution in [0.15, 0.2) is 0 Å². The number of rotatable bonds is 6. The minimum Gasteiger partial charge on any atom is -0.307 e. The maximum atomic E-state index is 4.07. The van der Waals surface area contributed by atoms with Crippen LogP contribution in [0.3, 0.4) is 0 Å². The van der Waals surface area contributed by atoms with Gasteiger partial charge in [-0.25, -0.2) is 4.68 Å². The van der Waals surface area contributed by atoms with E-state index in [2.05, 4.69) is 34.7 Å². The molecule has 15 heavy (non-hydrogen) atoms. The van der Waals surface area contributed by atoms with Gasteiger partial charge < -0.3 is 5.32 Å². The smallest absolute Gasteiger partial charge is 0.165 e. The Hall–Kier alpha value is -0.970. The molecule has 1 N–H and O–H groups in total. The molecule has 1 aromatic rings. The van der Waals surface area contributed by atoms with Gasteiger partial charge in [-0.1, -0.05) is 13.8 Å². The fourth-order valence-electron chi connectivity index (χ4n) is 1.77. The molecule has 5 heteroatoms. The van der Waals surface area contributed by atoms with Crippen LogP contribution in [0.25, 0.3) is 0 Å². The number of aromatic nitrogens is 4. The maximum absolute atomic E-state index is 4.07. The van der Waals surface area contributed by atoms with Gasteiger partial charge in [-0.05, 0) is 36.1 Å². The summed E-state index contributed by atoms with van der Waals surface area (Å²) in [5.41, 5.74) is 0. The first-order valence-electron chi connectivity index (χ1n) is 5.85. The fraction of sp³-hybridized carbons (Fsp3) is 0.900. The second-order valence-corrected chi connectivity index (χ2v) is 4.17. The summed E-state index contributed by atoms with van der Waals surface area (Å²) in [6.07, 6.45) is 4.76. The lowest BCUT2D eigenvalue weighted by atomic mass is 10.2. The van der Waals surface area contributed by atoms with Crippen molar-refractivity contribution in [3.8, 4) is 0 Å². The summed E-state index contributed by atoms with van der Waals surface area (Å²) < 4.78 is 1.97. The van der Waals surface area contributed by atoms with Crippen molar-refractivity contribution in [2.75, 3.05) is 0 Å². The van der Waals surface area contributed by atoms with E-state index in [9.17, 15) is 0 Å². The van der Waals surface area contributed by atoms with Gasteiger partial charge in [0.1, 0.15) is 0 Å². The van der Waals surface area contributed by atoms with Crippen molar-refractivity contribution >= 4 is 0 Å². The highest BCUT2D eigenvalue weighted by Gasteiger charge is 2.22. The molecule has 1 aromatic heterocycles. The van der Waals surface area contributed by atoms with Crippen LogP contribution < -0.4 is 5.32 Å². The summed E-state index contributed by atoms with van der Waals surface area (Å²) in [5, 5.41) is 15.3. The largest absolute Gasteiger partial charge is 0.307 e. The molecule has 2 rings (SSSR count). The van der Waals surface area contributed by atoms with Crippen molar-refractivity contribution in [1.29, 1.82) is 0 Å². The first-order chi connectivity index (χ1) is 7.35. The van der Waals surface area contributed by atoms with Gasteiger partial charge in [-0.15, -0.1) is 5.10 Å². The van der Waals surface area contributed by atoms with E-state index in [1.54, 1.807) is 0 Å². The zero-order chi connectivity index (χ0) is 10.7. The number of hydrogen-bond donors (Lipinski definition) is 1. The third-order valence-electron chi connectivity index (χ3n) is 2.98. The van der Waals surface area contributed by atoms with Gasteiger partial charge in [0, 0.05) is 6.04 Å². The van der Waals surface area contributed by atoms with Crippen LogP contribution in [0.2, 0.25) is 0 Å². The van der Waals surface area contributed by atoms with Crippen molar-refractivity contribution in [2.24, 2.45) is 0 Å². The molecule has 0 radical (unpaired) electrons. The quantitative estimate of drug-likeness (QED) is 0.767. The molecule has 84 valence electrons. The van der Waals surface area contributed by atoms with Crippen LogP contribution in [0, 0.1) is 0 Å². The molecule has 0 spiro atoms. The van der Waals surface area contributed by atoms with E-state index >= 15 is 0 Å². The lowest BCUT2D eigenvalue weighted by molar-refractivity contribution is 0.399. The number of tetrazole rings is 1. The highest BCUT2D eigenvalue weighted by atomic mass is 15.6. The lowest BCUT2D eigenvalue weighted by Gasteiger charge is -2.14. The van der Waals surface area contributed by atoms with Gasteiger partial charge in [-0.2, -0.15) is 0 Å². The molecule has 1 aliphatic carbocycles. The predicted octanol–water partition coefficient (Wildman–Crippen LogP) is 1.29. The monoisotopic (exact) mass is 209 g/mol. The third kappa shape index (κ3) is 2.53. The van der Waals surface area contributed by atoms with E-state index in [1.807, 2.05) is 4.68 Å². The zero-order valence-electron chi connectivity index (χ0n) is 9.48. The number of hydrogen-bond acceptors (Lipinski definition) is 4. The second kappa shape index (κ2) is 4.70. The van der Waals surface area contributed by atoms with E-state index in [-0.39, 0.29) is 0 Å². The van der Waals surface area contributed by atoms with Gasteiger partial charge in [0.15, 0.2) is 5.82 Å². The van der Waals surface area contributed by atoms with Gasteiger partial charge in [-0.3, -0.25) is 0 Å². The van der Waals surface area contributed by atoms with Crippen molar-refractivity contribution < 1.29 is 0 Å². The lowest BCUT2D eigenvalue weighted by Crippen LogP contribution is -2.21. The third-order valence-corrected chi connectivity index (χ3v) is 2.98. The molecule has 0 aliphatic heterocycles. The standard InChI is InChI=1S/C10H19N5/c1-3-9(4-2)15-10(12-13-14-15)7-11-8-5-6-8/h8-9,11H,3-7H2,1-2H3. The Kier molecular flexibility index (Phi) is 3.30. The molecular formula is C10H19N5. The molecule has 0 saturated heterocycles. The van der Waals surface area contributed by atoms with Crippen molar-refractivity contribution in [3.63, 3.8) is 0 Å². The zero-order valence-corrected chi connectivity index (χ0v) is 9.48. The van der Waals surface area contributed by atoms with E-state index < -0.39 is 0 Å². The van der Waals surface area contributed by atoms with Crippen LogP contribution in [-0.2, 0) is 6.54 Å². The molecule has 0 atom stereocenters. The first-order valence-corrected chi connectivity index (χ1v) is 5.85. The fourth-order valence-corrected chi connectivity index (χ4v) is 1.77. The molecule has 5 nitrogen and oxygen atoms in total. The highest BCUT2D eigenvalue weighted by molar-refractivity contribution is 4.88. The summed E-state index contributed by atoms with van der Waals surface area (Å²) >= 11 is 0. The van der Waals surface area contributed by atoms with Crippen molar-refractivity contribution in [3.05, 3.63) is 5.82 Å². The van der Waals surface area contributed by atoms with Crippen LogP contribution in [0.5, 0.6) is 0 Å². The Morgan fingerprint density at radius 1 is 1.40 bits per heavy atom. The summed E-state index contributed by atoms with van der Waals surface area (Å²) in [6, 6.07) is 1.15. The molecule has 0 bridgehead atoms. The molecule has 1 fully saturated rings. The van der Waals surface area contributed by atoms with Crippen molar-refractivity contribution in [2.45, 2.75) is 58.2 Å². The minimum atomic E-state index is 0.441. The first kappa shape index (κ1) is 10.5. The molecule has 0 aromatic carbocycles. The second-order valence-electron chi connectivity index (χ2n) is 4.17. The average Bonchev–Trinajstić information content (AvgIpc) is 2.98. The SMILES string of the molecule is CCC(CC)n1nnnc1CNC1CC1. The van der Waals surface area contributed by atoms with Gasteiger partial charge in [0.2, 0.25) is 0 Å². The Morgan fingerprint density at radius 3 is 2.73 bits per heavy atom. The summed E-state index contributed by atoms with van der Waals surface area (Å²) in [6.45, 7) is 5.15. The van der Waals surface area contributed by atoms with Crippen LogP contribution in [0.4, 0.5) is 0 Å². The van der Waals surface area contributed by atoms with Crippen LogP contribution >= 0.6 is 0 Å². The molecule has 1 saturated carbocycles. The Morgan fingerprint density at radius 2 is 2.13 bits per heavy atom. The molecule has 1 aliphatic rings. The average molecular weight is 209 g/mol. The Bertz CT molecular complexity index is 301. The highest BCUT2D eigenvalue weighted by Crippen LogP contribution is 2.20. The normalized spacial score (nSPS) is 16.2.